The van der Waals surface area contributed by atoms with E-state index in [2.05, 4.69) is 39.4 Å². The van der Waals surface area contributed by atoms with Crippen LogP contribution >= 0.6 is 0 Å². The third kappa shape index (κ3) is 4.34. The van der Waals surface area contributed by atoms with Crippen molar-refractivity contribution in [2.45, 2.75) is 12.0 Å². The highest BCUT2D eigenvalue weighted by Crippen LogP contribution is 2.36. The number of urea groups is 1. The Bertz CT molecular complexity index is 1070. The summed E-state index contributed by atoms with van der Waals surface area (Å²) in [6.07, 6.45) is 1.03. The molecule has 6 nitrogen and oxygen atoms in total. The molecule has 2 fully saturated rings. The molecule has 3 aromatic carbocycles. The molecule has 0 saturated carbocycles. The van der Waals surface area contributed by atoms with Gasteiger partial charge in [-0.3, -0.25) is 9.69 Å². The van der Waals surface area contributed by atoms with Crippen LogP contribution in [0.4, 0.5) is 4.79 Å². The predicted octanol–water partition coefficient (Wildman–Crippen LogP) is 3.30. The fourth-order valence-corrected chi connectivity index (χ4v) is 4.92. The molecule has 2 aliphatic rings. The van der Waals surface area contributed by atoms with Crippen LogP contribution in [0.25, 0.3) is 0 Å². The van der Waals surface area contributed by atoms with E-state index in [0.717, 1.165) is 50.3 Å². The molecule has 0 atom stereocenters. The van der Waals surface area contributed by atoms with Crippen molar-refractivity contribution in [3.63, 3.8) is 0 Å². The lowest BCUT2D eigenvalue weighted by Gasteiger charge is -2.36. The summed E-state index contributed by atoms with van der Waals surface area (Å²) in [6, 6.07) is 29.2. The van der Waals surface area contributed by atoms with E-state index in [-0.39, 0.29) is 11.9 Å². The monoisotopic (exact) mass is 454 g/mol. The summed E-state index contributed by atoms with van der Waals surface area (Å²) >= 11 is 0. The van der Waals surface area contributed by atoms with Gasteiger partial charge in [0, 0.05) is 32.7 Å². The maximum atomic E-state index is 13.8. The van der Waals surface area contributed by atoms with Crippen LogP contribution in [-0.2, 0) is 16.8 Å². The Hall–Kier alpha value is -3.48. The van der Waals surface area contributed by atoms with Crippen LogP contribution in [0.15, 0.2) is 91.0 Å². The highest BCUT2D eigenvalue weighted by atomic mass is 16.2. The minimum absolute atomic E-state index is 0.221. The summed E-state index contributed by atoms with van der Waals surface area (Å²) < 4.78 is 0. The van der Waals surface area contributed by atoms with Gasteiger partial charge in [-0.2, -0.15) is 0 Å². The Kier molecular flexibility index (Phi) is 6.43. The molecule has 5 rings (SSSR count). The molecule has 174 valence electrons. The van der Waals surface area contributed by atoms with Gasteiger partial charge in [-0.05, 0) is 23.1 Å². The molecule has 1 N–H and O–H groups in total. The normalized spacial score (nSPS) is 18.8. The second kappa shape index (κ2) is 9.79. The largest absolute Gasteiger partial charge is 0.326 e. The van der Waals surface area contributed by atoms with Crippen LogP contribution in [0, 0.1) is 0 Å². The second-order valence-corrected chi connectivity index (χ2v) is 8.98. The number of amides is 3. The third-order valence-electron chi connectivity index (χ3n) is 6.89. The Morgan fingerprint density at radius 1 is 0.676 bits per heavy atom. The number of nitrogens with one attached hydrogen (secondary N) is 1. The summed E-state index contributed by atoms with van der Waals surface area (Å²) in [5, 5.41) is 3.04. The predicted molar refractivity (Wildman–Crippen MR) is 132 cm³/mol. The molecule has 0 spiro atoms. The Morgan fingerprint density at radius 2 is 1.18 bits per heavy atom. The van der Waals surface area contributed by atoms with Crippen molar-refractivity contribution in [2.75, 3.05) is 39.4 Å². The number of hydrogen-bond donors (Lipinski definition) is 1. The van der Waals surface area contributed by atoms with Crippen LogP contribution in [0.2, 0.25) is 0 Å². The van der Waals surface area contributed by atoms with Crippen LogP contribution in [0.3, 0.4) is 0 Å². The first-order chi connectivity index (χ1) is 16.7. The van der Waals surface area contributed by atoms with E-state index in [0.29, 0.717) is 6.67 Å². The number of piperazine rings is 1. The van der Waals surface area contributed by atoms with Gasteiger partial charge in [-0.1, -0.05) is 91.0 Å². The van der Waals surface area contributed by atoms with Crippen LogP contribution in [0.5, 0.6) is 0 Å². The number of carbonyl (C=O) groups excluding carboxylic acids is 2. The van der Waals surface area contributed by atoms with Crippen molar-refractivity contribution in [3.05, 3.63) is 108 Å². The summed E-state index contributed by atoms with van der Waals surface area (Å²) in [5.41, 5.74) is 1.69. The van der Waals surface area contributed by atoms with E-state index in [4.69, 9.17) is 0 Å². The zero-order valence-corrected chi connectivity index (χ0v) is 19.3. The lowest BCUT2D eigenvalue weighted by atomic mass is 9.83. The zero-order chi connectivity index (χ0) is 23.4. The quantitative estimate of drug-likeness (QED) is 0.557. The fourth-order valence-electron chi connectivity index (χ4n) is 4.92. The first kappa shape index (κ1) is 22.3. The molecular formula is C28H30N4O2. The average molecular weight is 455 g/mol. The molecule has 0 aliphatic carbocycles. The summed E-state index contributed by atoms with van der Waals surface area (Å²) in [6.45, 7) is 4.84. The molecule has 0 aromatic heterocycles. The number of imide groups is 1. The molecular weight excluding hydrogens is 424 g/mol. The molecule has 34 heavy (non-hydrogen) atoms. The van der Waals surface area contributed by atoms with Gasteiger partial charge in [0.15, 0.2) is 5.54 Å². The zero-order valence-electron chi connectivity index (χ0n) is 19.3. The SMILES string of the molecule is O=C1NC(c2ccccc2)(c2ccccc2)C(=O)N1CN1CCN(CCc2ccccc2)CC1. The van der Waals surface area contributed by atoms with E-state index in [1.165, 1.54) is 10.5 Å². The minimum atomic E-state index is -1.20. The molecule has 3 aromatic rings. The Morgan fingerprint density at radius 3 is 1.74 bits per heavy atom. The topological polar surface area (TPSA) is 55.9 Å². The fraction of sp³-hybridized carbons (Fsp3) is 0.286. The first-order valence-corrected chi connectivity index (χ1v) is 11.9. The van der Waals surface area contributed by atoms with Crippen molar-refractivity contribution < 1.29 is 9.59 Å². The number of hydrogen-bond acceptors (Lipinski definition) is 4. The van der Waals surface area contributed by atoms with Crippen LogP contribution in [-0.4, -0.2) is 66.0 Å². The Labute approximate surface area is 200 Å². The van der Waals surface area contributed by atoms with Gasteiger partial charge in [0.25, 0.3) is 5.91 Å². The smallest absolute Gasteiger partial charge is 0.315 e. The van der Waals surface area contributed by atoms with Gasteiger partial charge in [0.1, 0.15) is 0 Å². The van der Waals surface area contributed by atoms with Crippen molar-refractivity contribution in [1.29, 1.82) is 0 Å². The highest BCUT2D eigenvalue weighted by molar-refractivity contribution is 6.09. The number of rotatable bonds is 7. The number of benzene rings is 3. The molecule has 2 saturated heterocycles. The van der Waals surface area contributed by atoms with E-state index in [9.17, 15) is 9.59 Å². The molecule has 0 radical (unpaired) electrons. The lowest BCUT2D eigenvalue weighted by molar-refractivity contribution is -0.132. The summed E-state index contributed by atoms with van der Waals surface area (Å²) in [4.78, 5) is 33.0. The lowest BCUT2D eigenvalue weighted by Crippen LogP contribution is -2.52. The van der Waals surface area contributed by atoms with E-state index < -0.39 is 5.54 Å². The third-order valence-corrected chi connectivity index (χ3v) is 6.89. The van der Waals surface area contributed by atoms with Crippen molar-refractivity contribution in [3.8, 4) is 0 Å². The van der Waals surface area contributed by atoms with E-state index in [1.807, 2.05) is 66.7 Å². The van der Waals surface area contributed by atoms with Gasteiger partial charge in [-0.15, -0.1) is 0 Å². The second-order valence-electron chi connectivity index (χ2n) is 8.98. The van der Waals surface area contributed by atoms with Gasteiger partial charge in [-0.25, -0.2) is 9.69 Å². The van der Waals surface area contributed by atoms with Gasteiger partial charge in [0.2, 0.25) is 0 Å². The molecule has 3 amide bonds. The van der Waals surface area contributed by atoms with E-state index in [1.54, 1.807) is 0 Å². The summed E-state index contributed by atoms with van der Waals surface area (Å²) in [7, 11) is 0. The maximum Gasteiger partial charge on any atom is 0.326 e. The minimum Gasteiger partial charge on any atom is -0.315 e. The van der Waals surface area contributed by atoms with Gasteiger partial charge < -0.3 is 10.2 Å². The van der Waals surface area contributed by atoms with Crippen LogP contribution in [0.1, 0.15) is 16.7 Å². The van der Waals surface area contributed by atoms with Gasteiger partial charge in [0.05, 0.1) is 6.67 Å². The molecule has 0 bridgehead atoms. The van der Waals surface area contributed by atoms with Crippen molar-refractivity contribution >= 4 is 11.9 Å². The molecule has 2 aliphatic heterocycles. The van der Waals surface area contributed by atoms with Crippen molar-refractivity contribution in [1.82, 2.24) is 20.0 Å². The molecule has 0 unspecified atom stereocenters. The molecule has 6 heteroatoms. The Balaban J connectivity index is 1.26. The standard InChI is InChI=1S/C28H30N4O2/c33-26-28(24-12-6-2-7-13-24,25-14-8-3-9-15-25)29-27(34)32(26)22-31-20-18-30(19-21-31)17-16-23-10-4-1-5-11-23/h1-15H,16-22H2,(H,29,34). The van der Waals surface area contributed by atoms with Crippen LogP contribution < -0.4 is 5.32 Å². The first-order valence-electron chi connectivity index (χ1n) is 11.9. The maximum absolute atomic E-state index is 13.8. The number of nitrogens with zero attached hydrogens (tertiary/aromatic N) is 3. The van der Waals surface area contributed by atoms with Gasteiger partial charge >= 0.3 is 6.03 Å². The summed E-state index contributed by atoms with van der Waals surface area (Å²) in [5.74, 6) is -0.221. The van der Waals surface area contributed by atoms with E-state index >= 15 is 0 Å². The molecule has 2 heterocycles. The van der Waals surface area contributed by atoms with Crippen molar-refractivity contribution in [2.24, 2.45) is 0 Å². The average Bonchev–Trinajstić information content (AvgIpc) is 3.15. The number of carbonyl (C=O) groups is 2. The highest BCUT2D eigenvalue weighted by Gasteiger charge is 2.53.